The van der Waals surface area contributed by atoms with Crippen molar-refractivity contribution in [1.29, 1.82) is 0 Å². The van der Waals surface area contributed by atoms with Crippen LogP contribution < -0.4 is 15.4 Å². The Balaban J connectivity index is 0.000000467. The van der Waals surface area contributed by atoms with Gasteiger partial charge in [-0.25, -0.2) is 0 Å². The van der Waals surface area contributed by atoms with E-state index in [2.05, 4.69) is 89.5 Å². The number of carbonyl (C=O) groups excluding carboxylic acids is 4. The summed E-state index contributed by atoms with van der Waals surface area (Å²) in [7, 11) is 0. The lowest BCUT2D eigenvalue weighted by molar-refractivity contribution is -0.115. The first-order valence-corrected chi connectivity index (χ1v) is 31.7. The Hall–Kier alpha value is -7.38. The van der Waals surface area contributed by atoms with E-state index in [4.69, 9.17) is 4.74 Å². The highest BCUT2D eigenvalue weighted by atomic mass is 16.5. The normalized spacial score (nSPS) is 13.3. The summed E-state index contributed by atoms with van der Waals surface area (Å²) < 4.78 is 5.30. The van der Waals surface area contributed by atoms with Gasteiger partial charge in [0.15, 0.2) is 5.78 Å². The van der Waals surface area contributed by atoms with E-state index >= 15 is 0 Å². The molecule has 448 valence electrons. The van der Waals surface area contributed by atoms with Gasteiger partial charge < -0.3 is 10.1 Å². The predicted octanol–water partition coefficient (Wildman–Crippen LogP) is 19.7. The zero-order chi connectivity index (χ0) is 61.6. The summed E-state index contributed by atoms with van der Waals surface area (Å²) in [4.78, 5) is 43.7. The molecule has 7 aromatic rings. The minimum absolute atomic E-state index is 0.0983. The number of imide groups is 1. The molecule has 7 nitrogen and oxygen atoms in total. The number of benzene rings is 7. The first-order valence-electron chi connectivity index (χ1n) is 31.7. The van der Waals surface area contributed by atoms with Crippen LogP contribution in [0.2, 0.25) is 0 Å². The number of Topliss-reactive ketones (excluding diaryl/α,β-unsaturated/α-hetero) is 1. The molecule has 7 heteroatoms. The predicted molar refractivity (Wildman–Crippen MR) is 356 cm³/mol. The van der Waals surface area contributed by atoms with Crippen LogP contribution in [-0.2, 0) is 62.6 Å². The van der Waals surface area contributed by atoms with E-state index in [0.29, 0.717) is 29.8 Å². The number of hydrogen-bond acceptors (Lipinski definition) is 5. The number of carbonyl (C=O) groups is 4. The molecule has 0 radical (unpaired) electrons. The average molecular weight is 1130 g/mol. The molecule has 0 saturated heterocycles. The van der Waals surface area contributed by atoms with Crippen molar-refractivity contribution < 1.29 is 23.9 Å². The molecule has 0 aromatic heterocycles. The average Bonchev–Trinajstić information content (AvgIpc) is 4.49. The summed E-state index contributed by atoms with van der Waals surface area (Å²) in [6.45, 7) is 28.9. The topological polar surface area (TPSA) is 102 Å². The SMILES string of the molecule is CC.CC.CC.CC.CC.CC.CC.O=C1CCc2ccccc21.O=C1Cc2ccccc2N1.O=C1NC(=O)c2ccccc21.c1ccc2c(c1)CCC2.c1ccc2c(c1)CCCC2.c1ccc2c(c1)CCCC2.c1ccc2c(c1)CCO2. The number of aryl methyl sites for hydroxylation is 7. The van der Waals surface area contributed by atoms with Gasteiger partial charge in [0.1, 0.15) is 5.75 Å². The van der Waals surface area contributed by atoms with E-state index in [9.17, 15) is 19.2 Å². The van der Waals surface area contributed by atoms with Crippen LogP contribution in [0.3, 0.4) is 0 Å². The molecule has 3 amide bonds. The molecule has 0 unspecified atom stereocenters. The number of ketones is 1. The van der Waals surface area contributed by atoms with E-state index in [1.807, 2.05) is 164 Å². The van der Waals surface area contributed by atoms with Crippen molar-refractivity contribution in [3.8, 4) is 5.75 Å². The maximum atomic E-state index is 11.1. The summed E-state index contributed by atoms with van der Waals surface area (Å²) in [5.74, 6) is 0.866. The highest BCUT2D eigenvalue weighted by molar-refractivity contribution is 6.21. The number of para-hydroxylation sites is 2. The summed E-state index contributed by atoms with van der Waals surface area (Å²) in [6.07, 6.45) is 18.0. The third-order valence-electron chi connectivity index (χ3n) is 13.4. The Morgan fingerprint density at radius 2 is 0.614 bits per heavy atom. The summed E-state index contributed by atoms with van der Waals surface area (Å²) in [6, 6.07) is 56.8. The molecule has 3 aliphatic heterocycles. The smallest absolute Gasteiger partial charge is 0.258 e. The zero-order valence-corrected chi connectivity index (χ0v) is 53.5. The van der Waals surface area contributed by atoms with E-state index in [0.717, 1.165) is 42.0 Å². The summed E-state index contributed by atoms with van der Waals surface area (Å²) in [5, 5.41) is 4.96. The maximum absolute atomic E-state index is 11.1. The van der Waals surface area contributed by atoms with Crippen LogP contribution in [0.5, 0.6) is 5.75 Å². The van der Waals surface area contributed by atoms with Crippen LogP contribution in [0.25, 0.3) is 0 Å². The number of ether oxygens (including phenoxy) is 1. The molecule has 7 aliphatic rings. The van der Waals surface area contributed by atoms with Crippen molar-refractivity contribution in [1.82, 2.24) is 5.32 Å². The molecule has 0 atom stereocenters. The Morgan fingerprint density at radius 1 is 0.289 bits per heavy atom. The monoisotopic (exact) mass is 1120 g/mol. The molecule has 3 heterocycles. The number of fused-ring (bicyclic) bond motifs is 7. The highest BCUT2D eigenvalue weighted by Gasteiger charge is 2.25. The van der Waals surface area contributed by atoms with Gasteiger partial charge in [0.05, 0.1) is 24.2 Å². The van der Waals surface area contributed by atoms with Gasteiger partial charge in [0, 0.05) is 24.1 Å². The van der Waals surface area contributed by atoms with Crippen molar-refractivity contribution >= 4 is 29.2 Å². The molecule has 0 bridgehead atoms. The van der Waals surface area contributed by atoms with E-state index in [-0.39, 0.29) is 17.7 Å². The third kappa shape index (κ3) is 25.3. The largest absolute Gasteiger partial charge is 0.493 e. The Bertz CT molecular complexity index is 2630. The molecule has 0 saturated carbocycles. The molecule has 2 N–H and O–H groups in total. The molecule has 4 aliphatic carbocycles. The van der Waals surface area contributed by atoms with Gasteiger partial charge >= 0.3 is 0 Å². The second kappa shape index (κ2) is 46.1. The number of rotatable bonds is 0. The zero-order valence-electron chi connectivity index (χ0n) is 53.5. The minimum atomic E-state index is -0.300. The van der Waals surface area contributed by atoms with E-state index in [1.54, 1.807) is 57.6 Å². The molecular weight excluding hydrogens is 1020 g/mol. The van der Waals surface area contributed by atoms with Crippen molar-refractivity contribution in [2.75, 3.05) is 11.9 Å². The van der Waals surface area contributed by atoms with Gasteiger partial charge in [-0.3, -0.25) is 24.5 Å². The Labute approximate surface area is 503 Å². The maximum Gasteiger partial charge on any atom is 0.258 e. The molecule has 7 aromatic carbocycles. The lowest BCUT2D eigenvalue weighted by atomic mass is 9.92. The first kappa shape index (κ1) is 73.6. The standard InChI is InChI=1S/2C10H12.C9H8O.C9H10.C8H5NO2.C8H7NO.C8H8O.7C2H6/c2*1-2-6-10-8-4-3-7-9(10)5-1;10-9-6-5-7-3-1-2-4-8(7)9;1-2-5-9-7-3-6-8(9)4-1;10-7-5-3-1-2-4-6(5)8(11)9-7;10-8-5-6-3-1-2-4-7(6)9-8;1-2-4-8-7(3-1)5-6-9-8;7*1-2/h2*1-2,5-6H,3-4,7-8H2;1-4H,5-6H2;1-2,4-5H,3,6-7H2;1-4H,(H,9,10,11);1-4H,5H2,(H,9,10);1-4H,5-6H2;7*1-2H3. The Morgan fingerprint density at radius 3 is 1.00 bits per heavy atom. The number of amides is 3. The van der Waals surface area contributed by atoms with E-state index < -0.39 is 0 Å². The minimum Gasteiger partial charge on any atom is -0.493 e. The second-order valence-corrected chi connectivity index (χ2v) is 18.1. The third-order valence-corrected chi connectivity index (χ3v) is 13.4. The van der Waals surface area contributed by atoms with Crippen molar-refractivity contribution in [3.63, 3.8) is 0 Å². The second-order valence-electron chi connectivity index (χ2n) is 18.1. The van der Waals surface area contributed by atoms with Gasteiger partial charge in [-0.15, -0.1) is 0 Å². The Kier molecular flexibility index (Phi) is 40.9. The molecule has 0 spiro atoms. The fraction of sp³-hybridized carbons (Fsp3) is 0.395. The van der Waals surface area contributed by atoms with Crippen LogP contribution in [0, 0.1) is 0 Å². The van der Waals surface area contributed by atoms with Crippen LogP contribution in [0.4, 0.5) is 5.69 Å². The van der Waals surface area contributed by atoms with Gasteiger partial charge in [-0.1, -0.05) is 243 Å². The molecule has 0 fully saturated rings. The van der Waals surface area contributed by atoms with E-state index in [1.165, 1.54) is 81.8 Å². The number of anilines is 1. The summed E-state index contributed by atoms with van der Waals surface area (Å²) in [5.41, 5.74) is 15.9. The number of nitrogens with one attached hydrogen (secondary N) is 2. The van der Waals surface area contributed by atoms with Crippen molar-refractivity contribution in [3.05, 3.63) is 237 Å². The fourth-order valence-electron chi connectivity index (χ4n) is 9.66. The van der Waals surface area contributed by atoms with Gasteiger partial charge in [-0.05, 0) is 151 Å². The number of hydrogen-bond donors (Lipinski definition) is 2. The van der Waals surface area contributed by atoms with Gasteiger partial charge in [-0.2, -0.15) is 0 Å². The van der Waals surface area contributed by atoms with Crippen LogP contribution in [0.15, 0.2) is 170 Å². The molecule has 83 heavy (non-hydrogen) atoms. The van der Waals surface area contributed by atoms with Crippen molar-refractivity contribution in [2.24, 2.45) is 0 Å². The highest BCUT2D eigenvalue weighted by Crippen LogP contribution is 2.25. The molecular formula is C76H104N2O5. The van der Waals surface area contributed by atoms with Gasteiger partial charge in [0.2, 0.25) is 5.91 Å². The first-order chi connectivity index (χ1) is 40.9. The quantitative estimate of drug-likeness (QED) is 0.147. The lowest BCUT2D eigenvalue weighted by Gasteiger charge is -2.13. The lowest BCUT2D eigenvalue weighted by Crippen LogP contribution is -2.19. The van der Waals surface area contributed by atoms with Gasteiger partial charge in [0.25, 0.3) is 11.8 Å². The van der Waals surface area contributed by atoms with Crippen molar-refractivity contribution in [2.45, 2.75) is 193 Å². The van der Waals surface area contributed by atoms with Crippen LogP contribution >= 0.6 is 0 Å². The fourth-order valence-corrected chi connectivity index (χ4v) is 9.66. The molecule has 14 rings (SSSR count). The van der Waals surface area contributed by atoms with Crippen LogP contribution in [0.1, 0.15) is 217 Å². The summed E-state index contributed by atoms with van der Waals surface area (Å²) >= 11 is 0. The van der Waals surface area contributed by atoms with Crippen LogP contribution in [-0.4, -0.2) is 30.1 Å².